The minimum absolute atomic E-state index is 0.119. The van der Waals surface area contributed by atoms with Crippen LogP contribution in [-0.4, -0.2) is 24.1 Å². The Kier molecular flexibility index (Phi) is 8.66. The Morgan fingerprint density at radius 3 is 2.71 bits per heavy atom. The molecule has 0 heterocycles. The minimum Gasteiger partial charge on any atom is -0.466 e. The SMILES string of the molecule is CCOC(=O)CCC(SCCS)c1cc(F)c(F)cc1Br. The van der Waals surface area contributed by atoms with E-state index in [1.54, 1.807) is 18.7 Å². The summed E-state index contributed by atoms with van der Waals surface area (Å²) in [5, 5.41) is -0.119. The third-order valence-electron chi connectivity index (χ3n) is 2.71. The van der Waals surface area contributed by atoms with Crippen LogP contribution in [0.5, 0.6) is 0 Å². The summed E-state index contributed by atoms with van der Waals surface area (Å²) in [6.45, 7) is 2.08. The van der Waals surface area contributed by atoms with E-state index in [9.17, 15) is 13.6 Å². The average molecular weight is 399 g/mol. The number of rotatable bonds is 8. The van der Waals surface area contributed by atoms with E-state index >= 15 is 0 Å². The highest BCUT2D eigenvalue weighted by Gasteiger charge is 2.19. The van der Waals surface area contributed by atoms with Gasteiger partial charge in [-0.3, -0.25) is 4.79 Å². The van der Waals surface area contributed by atoms with Crippen molar-refractivity contribution in [3.8, 4) is 0 Å². The summed E-state index contributed by atoms with van der Waals surface area (Å²) in [6, 6.07) is 2.30. The normalized spacial score (nSPS) is 12.2. The maximum absolute atomic E-state index is 13.4. The van der Waals surface area contributed by atoms with Crippen molar-refractivity contribution in [2.24, 2.45) is 0 Å². The van der Waals surface area contributed by atoms with E-state index in [2.05, 4.69) is 28.6 Å². The lowest BCUT2D eigenvalue weighted by Crippen LogP contribution is -2.07. The van der Waals surface area contributed by atoms with Crippen molar-refractivity contribution < 1.29 is 18.3 Å². The number of thiol groups is 1. The predicted octanol–water partition coefficient (Wildman–Crippen LogP) is 4.77. The Hall–Kier alpha value is -0.270. The molecule has 21 heavy (non-hydrogen) atoms. The van der Waals surface area contributed by atoms with Crippen LogP contribution >= 0.6 is 40.3 Å². The number of carbonyl (C=O) groups excluding carboxylic acids is 1. The van der Waals surface area contributed by atoms with Crippen molar-refractivity contribution in [3.05, 3.63) is 33.8 Å². The Balaban J connectivity index is 2.86. The first kappa shape index (κ1) is 18.8. The number of esters is 1. The van der Waals surface area contributed by atoms with Gasteiger partial charge < -0.3 is 4.74 Å². The molecule has 0 spiro atoms. The van der Waals surface area contributed by atoms with Gasteiger partial charge in [0, 0.05) is 21.9 Å². The van der Waals surface area contributed by atoms with Gasteiger partial charge in [0.05, 0.1) is 6.61 Å². The molecule has 0 amide bonds. The van der Waals surface area contributed by atoms with Gasteiger partial charge in [0.15, 0.2) is 11.6 Å². The summed E-state index contributed by atoms with van der Waals surface area (Å²) in [6.07, 6.45) is 0.741. The number of carbonyl (C=O) groups is 1. The standard InChI is InChI=1S/C14H17BrF2O2S2/c1-2-19-14(18)4-3-13(21-6-5-20)9-7-11(16)12(17)8-10(9)15/h7-8,13,20H,2-6H2,1H3. The topological polar surface area (TPSA) is 26.3 Å². The molecule has 0 bridgehead atoms. The van der Waals surface area contributed by atoms with Crippen LogP contribution in [-0.2, 0) is 9.53 Å². The van der Waals surface area contributed by atoms with Gasteiger partial charge in [0.25, 0.3) is 0 Å². The van der Waals surface area contributed by atoms with E-state index < -0.39 is 11.6 Å². The Morgan fingerprint density at radius 1 is 1.43 bits per heavy atom. The summed E-state index contributed by atoms with van der Waals surface area (Å²) in [5.41, 5.74) is 0.644. The van der Waals surface area contributed by atoms with E-state index in [-0.39, 0.29) is 17.6 Å². The van der Waals surface area contributed by atoms with Gasteiger partial charge in [-0.2, -0.15) is 24.4 Å². The van der Waals surface area contributed by atoms with Crippen molar-refractivity contribution >= 4 is 46.3 Å². The van der Waals surface area contributed by atoms with E-state index in [0.29, 0.717) is 28.8 Å². The van der Waals surface area contributed by atoms with Crippen LogP contribution in [0.15, 0.2) is 16.6 Å². The zero-order chi connectivity index (χ0) is 15.8. The number of halogens is 3. The van der Waals surface area contributed by atoms with E-state index in [0.717, 1.165) is 11.8 Å². The third-order valence-corrected chi connectivity index (χ3v) is 5.26. The number of hydrogen-bond donors (Lipinski definition) is 1. The summed E-state index contributed by atoms with van der Waals surface area (Å²) in [5.74, 6) is -0.647. The smallest absolute Gasteiger partial charge is 0.305 e. The van der Waals surface area contributed by atoms with Crippen molar-refractivity contribution in [3.63, 3.8) is 0 Å². The van der Waals surface area contributed by atoms with Crippen LogP contribution in [0.4, 0.5) is 8.78 Å². The van der Waals surface area contributed by atoms with Crippen LogP contribution in [0.3, 0.4) is 0 Å². The molecule has 0 aliphatic heterocycles. The molecule has 0 saturated carbocycles. The molecular formula is C14H17BrF2O2S2. The van der Waals surface area contributed by atoms with Gasteiger partial charge >= 0.3 is 5.97 Å². The van der Waals surface area contributed by atoms with E-state index in [1.807, 2.05) is 0 Å². The molecular weight excluding hydrogens is 382 g/mol. The molecule has 0 aromatic heterocycles. The summed E-state index contributed by atoms with van der Waals surface area (Å²) in [4.78, 5) is 11.5. The summed E-state index contributed by atoms with van der Waals surface area (Å²) in [7, 11) is 0. The Bertz CT molecular complexity index is 486. The molecule has 0 N–H and O–H groups in total. The van der Waals surface area contributed by atoms with Gasteiger partial charge in [-0.1, -0.05) is 15.9 Å². The molecule has 118 valence electrons. The number of ether oxygens (including phenoxy) is 1. The van der Waals surface area contributed by atoms with Crippen molar-refractivity contribution in [2.45, 2.75) is 25.0 Å². The molecule has 1 aromatic rings. The largest absolute Gasteiger partial charge is 0.466 e. The molecule has 1 aromatic carbocycles. The van der Waals surface area contributed by atoms with Crippen molar-refractivity contribution in [2.75, 3.05) is 18.1 Å². The van der Waals surface area contributed by atoms with Gasteiger partial charge in [0.2, 0.25) is 0 Å². The summed E-state index contributed by atoms with van der Waals surface area (Å²) >= 11 is 8.97. The second-order valence-corrected chi connectivity index (χ2v) is 6.83. The fraction of sp³-hybridized carbons (Fsp3) is 0.500. The first-order valence-corrected chi connectivity index (χ1v) is 8.99. The molecule has 0 saturated heterocycles. The highest BCUT2D eigenvalue weighted by Crippen LogP contribution is 2.38. The van der Waals surface area contributed by atoms with Crippen LogP contribution in [0.1, 0.15) is 30.6 Å². The fourth-order valence-corrected chi connectivity index (χ4v) is 3.90. The van der Waals surface area contributed by atoms with Crippen LogP contribution in [0.2, 0.25) is 0 Å². The predicted molar refractivity (Wildman–Crippen MR) is 89.0 cm³/mol. The fourth-order valence-electron chi connectivity index (χ4n) is 1.79. The molecule has 0 aliphatic carbocycles. The molecule has 1 unspecified atom stereocenters. The summed E-state index contributed by atoms with van der Waals surface area (Å²) < 4.78 is 32.0. The van der Waals surface area contributed by atoms with Crippen molar-refractivity contribution in [1.29, 1.82) is 0 Å². The molecule has 1 atom stereocenters. The highest BCUT2D eigenvalue weighted by atomic mass is 79.9. The Morgan fingerprint density at radius 2 is 2.10 bits per heavy atom. The highest BCUT2D eigenvalue weighted by molar-refractivity contribution is 9.10. The van der Waals surface area contributed by atoms with Crippen molar-refractivity contribution in [1.82, 2.24) is 0 Å². The Labute approximate surface area is 141 Å². The van der Waals surface area contributed by atoms with Gasteiger partial charge in [-0.05, 0) is 36.8 Å². The first-order valence-electron chi connectivity index (χ1n) is 6.52. The molecule has 0 radical (unpaired) electrons. The lowest BCUT2D eigenvalue weighted by atomic mass is 10.1. The molecule has 7 heteroatoms. The van der Waals surface area contributed by atoms with Crippen LogP contribution in [0, 0.1) is 11.6 Å². The van der Waals surface area contributed by atoms with E-state index in [1.165, 1.54) is 6.07 Å². The lowest BCUT2D eigenvalue weighted by Gasteiger charge is -2.18. The molecule has 1 rings (SSSR count). The number of benzene rings is 1. The zero-order valence-electron chi connectivity index (χ0n) is 11.6. The number of hydrogen-bond acceptors (Lipinski definition) is 4. The lowest BCUT2D eigenvalue weighted by molar-refractivity contribution is -0.143. The average Bonchev–Trinajstić information content (AvgIpc) is 2.44. The third kappa shape index (κ3) is 6.16. The maximum atomic E-state index is 13.4. The van der Waals surface area contributed by atoms with Crippen LogP contribution in [0.25, 0.3) is 0 Å². The zero-order valence-corrected chi connectivity index (χ0v) is 14.9. The van der Waals surface area contributed by atoms with Gasteiger partial charge in [-0.15, -0.1) is 0 Å². The van der Waals surface area contributed by atoms with Gasteiger partial charge in [0.1, 0.15) is 0 Å². The van der Waals surface area contributed by atoms with E-state index in [4.69, 9.17) is 4.74 Å². The quantitative estimate of drug-likeness (QED) is 0.387. The maximum Gasteiger partial charge on any atom is 0.305 e. The van der Waals surface area contributed by atoms with Crippen LogP contribution < -0.4 is 0 Å². The molecule has 2 nitrogen and oxygen atoms in total. The van der Waals surface area contributed by atoms with Gasteiger partial charge in [-0.25, -0.2) is 8.78 Å². The first-order chi connectivity index (χ1) is 9.99. The molecule has 0 aliphatic rings. The second kappa shape index (κ2) is 9.69. The molecule has 0 fully saturated rings. The monoisotopic (exact) mass is 398 g/mol. The second-order valence-electron chi connectivity index (χ2n) is 4.21. The number of thioether (sulfide) groups is 1. The minimum atomic E-state index is -0.894.